The predicted octanol–water partition coefficient (Wildman–Crippen LogP) is 3.75. The molecule has 0 unspecified atom stereocenters. The minimum atomic E-state index is 0.157. The molecule has 21 heavy (non-hydrogen) atoms. The van der Waals surface area contributed by atoms with Gasteiger partial charge in [0.15, 0.2) is 0 Å². The highest BCUT2D eigenvalue weighted by Crippen LogP contribution is 2.26. The van der Waals surface area contributed by atoms with Crippen LogP contribution in [0.2, 0.25) is 0 Å². The molecular weight excluding hydrogens is 262 g/mol. The van der Waals surface area contributed by atoms with Gasteiger partial charge in [-0.15, -0.1) is 0 Å². The van der Waals surface area contributed by atoms with Gasteiger partial charge >= 0.3 is 0 Å². The summed E-state index contributed by atoms with van der Waals surface area (Å²) in [6, 6.07) is 7.55. The van der Waals surface area contributed by atoms with Gasteiger partial charge in [0.1, 0.15) is 5.75 Å². The van der Waals surface area contributed by atoms with Crippen LogP contribution in [0.1, 0.15) is 51.5 Å². The fourth-order valence-corrected chi connectivity index (χ4v) is 3.05. The van der Waals surface area contributed by atoms with Gasteiger partial charge in [-0.2, -0.15) is 0 Å². The minimum Gasteiger partial charge on any atom is -0.508 e. The lowest BCUT2D eigenvalue weighted by Gasteiger charge is -2.30. The van der Waals surface area contributed by atoms with E-state index in [0.717, 1.165) is 31.4 Å². The number of benzene rings is 1. The number of hydrogen-bond acceptors (Lipinski definition) is 2. The number of para-hydroxylation sites is 1. The summed E-state index contributed by atoms with van der Waals surface area (Å²) in [5, 5.41) is 9.85. The van der Waals surface area contributed by atoms with Crippen LogP contribution in [0.25, 0.3) is 0 Å². The van der Waals surface area contributed by atoms with Crippen molar-refractivity contribution in [1.82, 2.24) is 4.90 Å². The molecule has 2 rings (SSSR count). The van der Waals surface area contributed by atoms with E-state index in [4.69, 9.17) is 0 Å². The maximum Gasteiger partial charge on any atom is 0.227 e. The summed E-state index contributed by atoms with van der Waals surface area (Å²) in [7, 11) is 0. The van der Waals surface area contributed by atoms with Gasteiger partial charge < -0.3 is 10.0 Å². The number of phenols is 1. The SMILES string of the molecule is CC(C)CCN(C(=O)Cc1ccccc1O)C1CCCC1. The molecule has 3 heteroatoms. The Labute approximate surface area is 128 Å². The van der Waals surface area contributed by atoms with Gasteiger partial charge in [0.05, 0.1) is 6.42 Å². The molecule has 0 spiro atoms. The second-order valence-electron chi connectivity index (χ2n) is 6.51. The Kier molecular flexibility index (Phi) is 5.66. The number of hydrogen-bond donors (Lipinski definition) is 1. The number of rotatable bonds is 6. The molecule has 1 aromatic carbocycles. The van der Waals surface area contributed by atoms with Gasteiger partial charge in [-0.25, -0.2) is 0 Å². The number of phenolic OH excluding ortho intramolecular Hbond substituents is 1. The van der Waals surface area contributed by atoms with Crippen molar-refractivity contribution < 1.29 is 9.90 Å². The van der Waals surface area contributed by atoms with Gasteiger partial charge in [0.2, 0.25) is 5.91 Å². The van der Waals surface area contributed by atoms with Crippen molar-refractivity contribution in [2.45, 2.75) is 58.4 Å². The van der Waals surface area contributed by atoms with Crippen LogP contribution in [0.4, 0.5) is 0 Å². The van der Waals surface area contributed by atoms with E-state index < -0.39 is 0 Å². The van der Waals surface area contributed by atoms with Gasteiger partial charge in [-0.1, -0.05) is 44.9 Å². The Morgan fingerprint density at radius 1 is 1.29 bits per heavy atom. The van der Waals surface area contributed by atoms with Crippen LogP contribution in [0.5, 0.6) is 5.75 Å². The zero-order valence-corrected chi connectivity index (χ0v) is 13.2. The maximum atomic E-state index is 12.7. The van der Waals surface area contributed by atoms with E-state index in [0.29, 0.717) is 18.4 Å². The fraction of sp³-hybridized carbons (Fsp3) is 0.611. The van der Waals surface area contributed by atoms with E-state index in [1.54, 1.807) is 12.1 Å². The average Bonchev–Trinajstić information content (AvgIpc) is 2.95. The molecule has 1 N–H and O–H groups in total. The average molecular weight is 289 g/mol. The number of nitrogens with zero attached hydrogens (tertiary/aromatic N) is 1. The topological polar surface area (TPSA) is 40.5 Å². The van der Waals surface area contributed by atoms with Gasteiger partial charge in [-0.3, -0.25) is 4.79 Å². The zero-order chi connectivity index (χ0) is 15.2. The molecule has 1 aromatic rings. The third-order valence-electron chi connectivity index (χ3n) is 4.37. The summed E-state index contributed by atoms with van der Waals surface area (Å²) in [6.45, 7) is 5.23. The molecule has 0 saturated heterocycles. The third-order valence-corrected chi connectivity index (χ3v) is 4.37. The first-order chi connectivity index (χ1) is 10.1. The van der Waals surface area contributed by atoms with E-state index in [1.165, 1.54) is 12.8 Å². The molecule has 116 valence electrons. The highest BCUT2D eigenvalue weighted by molar-refractivity contribution is 5.79. The normalized spacial score (nSPS) is 15.6. The summed E-state index contributed by atoms with van der Waals surface area (Å²) >= 11 is 0. The molecule has 0 aliphatic heterocycles. The number of amides is 1. The predicted molar refractivity (Wildman–Crippen MR) is 85.2 cm³/mol. The lowest BCUT2D eigenvalue weighted by atomic mass is 10.1. The van der Waals surface area contributed by atoms with Gasteiger partial charge in [0, 0.05) is 18.2 Å². The summed E-state index contributed by atoms with van der Waals surface area (Å²) in [5.74, 6) is 0.983. The highest BCUT2D eigenvalue weighted by atomic mass is 16.3. The molecule has 0 radical (unpaired) electrons. The Balaban J connectivity index is 2.04. The van der Waals surface area contributed by atoms with Crippen LogP contribution in [0.15, 0.2) is 24.3 Å². The molecule has 1 aliphatic rings. The standard InChI is InChI=1S/C18H27NO2/c1-14(2)11-12-19(16-8-4-5-9-16)18(21)13-15-7-3-6-10-17(15)20/h3,6-7,10,14,16,20H,4-5,8-9,11-13H2,1-2H3. The number of carbonyl (C=O) groups is 1. The van der Waals surface area contributed by atoms with Gasteiger partial charge in [0.25, 0.3) is 0 Å². The zero-order valence-electron chi connectivity index (χ0n) is 13.2. The monoisotopic (exact) mass is 289 g/mol. The second-order valence-corrected chi connectivity index (χ2v) is 6.51. The first kappa shape index (κ1) is 15.9. The van der Waals surface area contributed by atoms with E-state index in [9.17, 15) is 9.90 Å². The van der Waals surface area contributed by atoms with E-state index in [2.05, 4.69) is 18.7 Å². The van der Waals surface area contributed by atoms with Crippen molar-refractivity contribution in [1.29, 1.82) is 0 Å². The second kappa shape index (κ2) is 7.48. The largest absolute Gasteiger partial charge is 0.508 e. The molecule has 0 bridgehead atoms. The molecule has 3 nitrogen and oxygen atoms in total. The molecular formula is C18H27NO2. The first-order valence-electron chi connectivity index (χ1n) is 8.14. The lowest BCUT2D eigenvalue weighted by Crippen LogP contribution is -2.40. The van der Waals surface area contributed by atoms with Crippen molar-refractivity contribution in [3.8, 4) is 5.75 Å². The molecule has 1 fully saturated rings. The third kappa shape index (κ3) is 4.48. The van der Waals surface area contributed by atoms with Crippen molar-refractivity contribution in [3.05, 3.63) is 29.8 Å². The van der Waals surface area contributed by atoms with Crippen molar-refractivity contribution >= 4 is 5.91 Å². The van der Waals surface area contributed by atoms with Gasteiger partial charge in [-0.05, 0) is 31.2 Å². The van der Waals surface area contributed by atoms with E-state index >= 15 is 0 Å². The molecule has 1 amide bonds. The smallest absolute Gasteiger partial charge is 0.227 e. The van der Waals surface area contributed by atoms with Crippen LogP contribution in [0, 0.1) is 5.92 Å². The van der Waals surface area contributed by atoms with Crippen molar-refractivity contribution in [2.24, 2.45) is 5.92 Å². The Hall–Kier alpha value is -1.51. The van der Waals surface area contributed by atoms with Crippen molar-refractivity contribution in [2.75, 3.05) is 6.54 Å². The number of aromatic hydroxyl groups is 1. The quantitative estimate of drug-likeness (QED) is 0.866. The van der Waals surface area contributed by atoms with E-state index in [-0.39, 0.29) is 11.7 Å². The molecule has 1 saturated carbocycles. The molecule has 0 atom stereocenters. The molecule has 0 aromatic heterocycles. The lowest BCUT2D eigenvalue weighted by molar-refractivity contribution is -0.132. The Bertz CT molecular complexity index is 464. The summed E-state index contributed by atoms with van der Waals surface area (Å²) in [4.78, 5) is 14.7. The Morgan fingerprint density at radius 3 is 2.57 bits per heavy atom. The van der Waals surface area contributed by atoms with Crippen LogP contribution in [-0.4, -0.2) is 28.5 Å². The molecule has 0 heterocycles. The van der Waals surface area contributed by atoms with Crippen LogP contribution >= 0.6 is 0 Å². The Morgan fingerprint density at radius 2 is 1.95 bits per heavy atom. The summed E-state index contributed by atoms with van der Waals surface area (Å²) in [5.41, 5.74) is 0.732. The number of carbonyl (C=O) groups excluding carboxylic acids is 1. The highest BCUT2D eigenvalue weighted by Gasteiger charge is 2.26. The maximum absolute atomic E-state index is 12.7. The van der Waals surface area contributed by atoms with Crippen molar-refractivity contribution in [3.63, 3.8) is 0 Å². The summed E-state index contributed by atoms with van der Waals surface area (Å²) < 4.78 is 0. The van der Waals surface area contributed by atoms with Crippen LogP contribution < -0.4 is 0 Å². The fourth-order valence-electron chi connectivity index (χ4n) is 3.05. The summed E-state index contributed by atoms with van der Waals surface area (Å²) in [6.07, 6.45) is 6.07. The molecule has 1 aliphatic carbocycles. The van der Waals surface area contributed by atoms with E-state index in [1.807, 2.05) is 12.1 Å². The van der Waals surface area contributed by atoms with Crippen LogP contribution in [-0.2, 0) is 11.2 Å². The van der Waals surface area contributed by atoms with Crippen LogP contribution in [0.3, 0.4) is 0 Å². The minimum absolute atomic E-state index is 0.157. The first-order valence-corrected chi connectivity index (χ1v) is 8.14.